The van der Waals surface area contributed by atoms with Crippen LogP contribution in [-0.4, -0.2) is 81.7 Å². The van der Waals surface area contributed by atoms with Gasteiger partial charge in [0.05, 0.1) is 6.04 Å². The van der Waals surface area contributed by atoms with E-state index in [1.54, 1.807) is 30.3 Å². The third kappa shape index (κ3) is 12.8. The Morgan fingerprint density at radius 2 is 1.27 bits per heavy atom. The lowest BCUT2D eigenvalue weighted by molar-refractivity contribution is -0.142. The molecule has 0 radical (unpaired) electrons. The fraction of sp³-hybridized carbons (Fsp3) is 0.379. The van der Waals surface area contributed by atoms with Crippen LogP contribution in [0.4, 0.5) is 0 Å². The molecule has 0 bridgehead atoms. The van der Waals surface area contributed by atoms with E-state index in [0.29, 0.717) is 5.56 Å². The number of aliphatic imine (C=N–C) groups is 1. The number of guanidine groups is 1. The van der Waals surface area contributed by atoms with Gasteiger partial charge in [-0.15, -0.1) is 0 Å². The molecular weight excluding hydrogens is 574 g/mol. The summed E-state index contributed by atoms with van der Waals surface area (Å²) in [6.45, 7) is 0.103. The van der Waals surface area contributed by atoms with Crippen LogP contribution in [0.2, 0.25) is 0 Å². The molecule has 3 amide bonds. The summed E-state index contributed by atoms with van der Waals surface area (Å²) < 4.78 is 0. The summed E-state index contributed by atoms with van der Waals surface area (Å²) in [5.74, 6) is -5.14. The van der Waals surface area contributed by atoms with Crippen molar-refractivity contribution in [1.82, 2.24) is 16.0 Å². The van der Waals surface area contributed by atoms with Gasteiger partial charge in [0.15, 0.2) is 5.96 Å². The van der Waals surface area contributed by atoms with E-state index in [0.717, 1.165) is 5.56 Å². The number of nitrogens with two attached hydrogens (primary N) is 3. The monoisotopic (exact) mass is 613 g/mol. The Labute approximate surface area is 253 Å². The molecule has 2 aromatic rings. The van der Waals surface area contributed by atoms with E-state index in [-0.39, 0.29) is 50.4 Å². The number of carbonyl (C=O) groups is 5. The zero-order valence-corrected chi connectivity index (χ0v) is 24.0. The third-order valence-electron chi connectivity index (χ3n) is 6.48. The lowest BCUT2D eigenvalue weighted by Gasteiger charge is -2.25. The third-order valence-corrected chi connectivity index (χ3v) is 6.48. The summed E-state index contributed by atoms with van der Waals surface area (Å²) in [5.41, 5.74) is 18.0. The molecule has 0 saturated carbocycles. The van der Waals surface area contributed by atoms with Gasteiger partial charge in [-0.3, -0.25) is 24.2 Å². The van der Waals surface area contributed by atoms with Crippen molar-refractivity contribution in [3.05, 3.63) is 65.7 Å². The van der Waals surface area contributed by atoms with Crippen LogP contribution in [0.15, 0.2) is 59.6 Å². The average molecular weight is 614 g/mol. The number of hydrogen-bond acceptors (Lipinski definition) is 8. The molecule has 0 fully saturated rings. The number of phenols is 1. The van der Waals surface area contributed by atoms with E-state index in [9.17, 15) is 39.3 Å². The van der Waals surface area contributed by atoms with Crippen LogP contribution in [0.5, 0.6) is 5.75 Å². The molecule has 4 unspecified atom stereocenters. The van der Waals surface area contributed by atoms with Crippen molar-refractivity contribution in [2.24, 2.45) is 22.2 Å². The number of carboxylic acids is 2. The molecule has 238 valence electrons. The van der Waals surface area contributed by atoms with Gasteiger partial charge < -0.3 is 48.5 Å². The maximum atomic E-state index is 13.3. The molecule has 4 atom stereocenters. The van der Waals surface area contributed by atoms with E-state index >= 15 is 0 Å². The molecule has 15 heteroatoms. The lowest BCUT2D eigenvalue weighted by atomic mass is 10.0. The van der Waals surface area contributed by atoms with Crippen LogP contribution in [0.1, 0.15) is 36.8 Å². The Kier molecular flexibility index (Phi) is 14.1. The summed E-state index contributed by atoms with van der Waals surface area (Å²) >= 11 is 0. The first-order valence-corrected chi connectivity index (χ1v) is 13.8. The molecule has 0 saturated heterocycles. The first kappa shape index (κ1) is 35.0. The SMILES string of the molecule is NC(N)=NCCCC(NC(=O)C(CCC(=O)O)NC(=O)C(N)Cc1ccccc1)C(=O)NC(Cc1ccc(O)cc1)C(=O)O. The van der Waals surface area contributed by atoms with Crippen LogP contribution in [-0.2, 0) is 36.8 Å². The quantitative estimate of drug-likeness (QED) is 0.0556. The van der Waals surface area contributed by atoms with Crippen LogP contribution in [0, 0.1) is 0 Å². The molecular formula is C29H39N7O8. The summed E-state index contributed by atoms with van der Waals surface area (Å²) in [6, 6.07) is 9.59. The second-order valence-electron chi connectivity index (χ2n) is 10.1. The highest BCUT2D eigenvalue weighted by Crippen LogP contribution is 2.12. The van der Waals surface area contributed by atoms with Gasteiger partial charge in [-0.2, -0.15) is 0 Å². The van der Waals surface area contributed by atoms with Crippen molar-refractivity contribution in [3.8, 4) is 5.75 Å². The number of nitrogens with zero attached hydrogens (tertiary/aromatic N) is 1. The fourth-order valence-electron chi connectivity index (χ4n) is 4.16. The zero-order valence-electron chi connectivity index (χ0n) is 24.0. The van der Waals surface area contributed by atoms with Gasteiger partial charge in [0, 0.05) is 19.4 Å². The average Bonchev–Trinajstić information content (AvgIpc) is 2.97. The van der Waals surface area contributed by atoms with Crippen LogP contribution >= 0.6 is 0 Å². The van der Waals surface area contributed by atoms with E-state index in [1.807, 2.05) is 0 Å². The van der Waals surface area contributed by atoms with Crippen molar-refractivity contribution < 1.29 is 39.3 Å². The Morgan fingerprint density at radius 3 is 1.84 bits per heavy atom. The molecule has 2 aromatic carbocycles. The van der Waals surface area contributed by atoms with Gasteiger partial charge in [-0.05, 0) is 48.9 Å². The molecule has 0 aliphatic carbocycles. The maximum Gasteiger partial charge on any atom is 0.326 e. The van der Waals surface area contributed by atoms with E-state index in [4.69, 9.17) is 17.2 Å². The Balaban J connectivity index is 2.20. The molecule has 0 spiro atoms. The highest BCUT2D eigenvalue weighted by atomic mass is 16.4. The van der Waals surface area contributed by atoms with Gasteiger partial charge in [-0.1, -0.05) is 42.5 Å². The van der Waals surface area contributed by atoms with Gasteiger partial charge in [0.25, 0.3) is 0 Å². The van der Waals surface area contributed by atoms with E-state index < -0.39 is 60.2 Å². The first-order chi connectivity index (χ1) is 20.8. The second kappa shape index (κ2) is 17.7. The number of carbonyl (C=O) groups excluding carboxylic acids is 3. The summed E-state index contributed by atoms with van der Waals surface area (Å²) in [6.07, 6.45) is -0.541. The highest BCUT2D eigenvalue weighted by molar-refractivity contribution is 5.94. The summed E-state index contributed by atoms with van der Waals surface area (Å²) in [7, 11) is 0. The lowest BCUT2D eigenvalue weighted by Crippen LogP contribution is -2.57. The maximum absolute atomic E-state index is 13.3. The first-order valence-electron chi connectivity index (χ1n) is 13.8. The van der Waals surface area contributed by atoms with E-state index in [2.05, 4.69) is 20.9 Å². The number of aliphatic carboxylic acids is 2. The van der Waals surface area contributed by atoms with Crippen molar-refractivity contribution >= 4 is 35.6 Å². The van der Waals surface area contributed by atoms with Gasteiger partial charge >= 0.3 is 11.9 Å². The molecule has 0 heterocycles. The Hall–Kier alpha value is -5.18. The summed E-state index contributed by atoms with van der Waals surface area (Å²) in [5, 5.41) is 35.8. The topological polar surface area (TPSA) is 273 Å². The van der Waals surface area contributed by atoms with Gasteiger partial charge in [0.1, 0.15) is 23.9 Å². The minimum atomic E-state index is -1.39. The Morgan fingerprint density at radius 1 is 0.727 bits per heavy atom. The van der Waals surface area contributed by atoms with Crippen LogP contribution in [0.3, 0.4) is 0 Å². The van der Waals surface area contributed by atoms with Crippen LogP contribution < -0.4 is 33.2 Å². The molecule has 44 heavy (non-hydrogen) atoms. The van der Waals surface area contributed by atoms with Gasteiger partial charge in [-0.25, -0.2) is 4.79 Å². The standard InChI is InChI=1S/C29H39N7O8/c30-20(15-17-5-2-1-3-6-17)25(40)34-22(12-13-24(38)39)27(42)35-21(7-4-14-33-29(31)32)26(41)36-23(28(43)44)16-18-8-10-19(37)11-9-18/h1-3,5-6,8-11,20-23,37H,4,7,12-16,30H2,(H,34,40)(H,35,42)(H,36,41)(H,38,39)(H,43,44)(H4,31,32,33). The van der Waals surface area contributed by atoms with E-state index in [1.165, 1.54) is 24.3 Å². The highest BCUT2D eigenvalue weighted by Gasteiger charge is 2.30. The summed E-state index contributed by atoms with van der Waals surface area (Å²) in [4.78, 5) is 66.5. The van der Waals surface area contributed by atoms with Crippen LogP contribution in [0.25, 0.3) is 0 Å². The normalized spacial score (nSPS) is 13.4. The molecule has 0 aliphatic heterocycles. The second-order valence-corrected chi connectivity index (χ2v) is 10.1. The number of phenolic OH excluding ortho intramolecular Hbond substituents is 1. The number of hydrogen-bond donors (Lipinski definition) is 9. The zero-order chi connectivity index (χ0) is 32.6. The molecule has 12 N–H and O–H groups in total. The smallest absolute Gasteiger partial charge is 0.326 e. The molecule has 0 aromatic heterocycles. The number of aromatic hydroxyl groups is 1. The number of carboxylic acid groups (broad SMARTS) is 2. The number of amides is 3. The predicted octanol–water partition coefficient (Wildman–Crippen LogP) is -1.04. The molecule has 2 rings (SSSR count). The largest absolute Gasteiger partial charge is 0.508 e. The minimum Gasteiger partial charge on any atom is -0.508 e. The molecule has 15 nitrogen and oxygen atoms in total. The van der Waals surface area contributed by atoms with Gasteiger partial charge in [0.2, 0.25) is 17.7 Å². The van der Waals surface area contributed by atoms with Crippen molar-refractivity contribution in [2.75, 3.05) is 6.54 Å². The molecule has 0 aliphatic rings. The van der Waals surface area contributed by atoms with Crippen molar-refractivity contribution in [2.45, 2.75) is 62.7 Å². The van der Waals surface area contributed by atoms with Crippen molar-refractivity contribution in [1.29, 1.82) is 0 Å². The van der Waals surface area contributed by atoms with Crippen molar-refractivity contribution in [3.63, 3.8) is 0 Å². The number of benzene rings is 2. The Bertz CT molecular complexity index is 1300. The number of nitrogens with one attached hydrogen (secondary N) is 3. The predicted molar refractivity (Wildman–Crippen MR) is 160 cm³/mol. The minimum absolute atomic E-state index is 0.0150. The fourth-order valence-corrected chi connectivity index (χ4v) is 4.16. The number of rotatable bonds is 18.